The minimum absolute atomic E-state index is 0.126. The van der Waals surface area contributed by atoms with Gasteiger partial charge in [0.1, 0.15) is 17.1 Å². The van der Waals surface area contributed by atoms with Crippen LogP contribution in [0, 0.1) is 0 Å². The van der Waals surface area contributed by atoms with Gasteiger partial charge in [-0.05, 0) is 29.3 Å². The van der Waals surface area contributed by atoms with Gasteiger partial charge in [0.15, 0.2) is 0 Å². The molecule has 0 saturated carbocycles. The molecule has 0 aliphatic carbocycles. The Labute approximate surface area is 125 Å². The quantitative estimate of drug-likeness (QED) is 0.731. The Morgan fingerprint density at radius 2 is 1.86 bits per heavy atom. The first-order valence-corrected chi connectivity index (χ1v) is 6.57. The van der Waals surface area contributed by atoms with Crippen molar-refractivity contribution in [3.8, 4) is 22.6 Å². The van der Waals surface area contributed by atoms with Gasteiger partial charge in [0.25, 0.3) is 0 Å². The van der Waals surface area contributed by atoms with E-state index < -0.39 is 5.63 Å². The average Bonchev–Trinajstić information content (AvgIpc) is 2.48. The molecule has 0 radical (unpaired) electrons. The van der Waals surface area contributed by atoms with Gasteiger partial charge in [-0.1, -0.05) is 23.7 Å². The third kappa shape index (κ3) is 2.45. The van der Waals surface area contributed by atoms with Gasteiger partial charge in [0.2, 0.25) is 0 Å². The number of halogens is 1. The van der Waals surface area contributed by atoms with Crippen LogP contribution in [-0.2, 0) is 0 Å². The van der Waals surface area contributed by atoms with Crippen LogP contribution in [-0.4, -0.2) is 12.2 Å². The lowest BCUT2D eigenvalue weighted by atomic mass is 10.0. The summed E-state index contributed by atoms with van der Waals surface area (Å²) in [5, 5.41) is 10.5. The largest absolute Gasteiger partial charge is 0.506 e. The van der Waals surface area contributed by atoms with Gasteiger partial charge in [0, 0.05) is 17.5 Å². The molecule has 0 spiro atoms. The Morgan fingerprint density at radius 3 is 2.52 bits per heavy atom. The van der Waals surface area contributed by atoms with Crippen molar-refractivity contribution in [1.29, 1.82) is 0 Å². The Balaban J connectivity index is 2.29. The summed E-state index contributed by atoms with van der Waals surface area (Å²) in [6.45, 7) is 0. The molecular formula is C16H11ClO4. The molecule has 1 heterocycles. The third-order valence-electron chi connectivity index (χ3n) is 3.21. The van der Waals surface area contributed by atoms with Crippen LogP contribution in [0.2, 0.25) is 5.02 Å². The normalized spacial score (nSPS) is 10.8. The molecule has 0 unspecified atom stereocenters. The lowest BCUT2D eigenvalue weighted by Crippen LogP contribution is -1.98. The smallest absolute Gasteiger partial charge is 0.336 e. The molecule has 1 aromatic heterocycles. The first-order valence-electron chi connectivity index (χ1n) is 6.19. The zero-order valence-electron chi connectivity index (χ0n) is 11.1. The van der Waals surface area contributed by atoms with Crippen molar-refractivity contribution in [3.05, 3.63) is 57.9 Å². The van der Waals surface area contributed by atoms with E-state index in [2.05, 4.69) is 0 Å². The molecule has 1 N–H and O–H groups in total. The zero-order valence-corrected chi connectivity index (χ0v) is 11.8. The first kappa shape index (κ1) is 13.5. The van der Waals surface area contributed by atoms with E-state index in [0.29, 0.717) is 10.9 Å². The fourth-order valence-electron chi connectivity index (χ4n) is 2.18. The summed E-state index contributed by atoms with van der Waals surface area (Å²) in [6, 6.07) is 11.6. The molecule has 0 aliphatic rings. The minimum atomic E-state index is -0.491. The molecule has 4 nitrogen and oxygen atoms in total. The van der Waals surface area contributed by atoms with Crippen LogP contribution in [0.1, 0.15) is 0 Å². The number of benzene rings is 2. The van der Waals surface area contributed by atoms with Crippen LogP contribution < -0.4 is 10.4 Å². The molecular weight excluding hydrogens is 292 g/mol. The molecule has 0 amide bonds. The van der Waals surface area contributed by atoms with Crippen molar-refractivity contribution >= 4 is 22.6 Å². The Bertz CT molecular complexity index is 866. The standard InChI is InChI=1S/C16H11ClO4/c1-20-10-4-2-9(3-5-10)11-7-16(19)21-15-8-14(18)13(17)6-12(11)15/h2-8,18H,1H3. The van der Waals surface area contributed by atoms with E-state index in [1.807, 2.05) is 12.1 Å². The second-order valence-corrected chi connectivity index (χ2v) is 4.91. The number of hydrogen-bond acceptors (Lipinski definition) is 4. The molecule has 21 heavy (non-hydrogen) atoms. The maximum atomic E-state index is 11.7. The second-order valence-electron chi connectivity index (χ2n) is 4.51. The van der Waals surface area contributed by atoms with Crippen molar-refractivity contribution < 1.29 is 14.3 Å². The number of rotatable bonds is 2. The highest BCUT2D eigenvalue weighted by atomic mass is 35.5. The lowest BCUT2D eigenvalue weighted by Gasteiger charge is -2.08. The molecule has 0 atom stereocenters. The van der Waals surface area contributed by atoms with Crippen molar-refractivity contribution in [3.63, 3.8) is 0 Å². The summed E-state index contributed by atoms with van der Waals surface area (Å²) in [5.74, 6) is 0.598. The van der Waals surface area contributed by atoms with Crippen LogP contribution in [0.3, 0.4) is 0 Å². The number of methoxy groups -OCH3 is 1. The van der Waals surface area contributed by atoms with Gasteiger partial charge in [0.05, 0.1) is 12.1 Å². The van der Waals surface area contributed by atoms with Gasteiger partial charge in [-0.2, -0.15) is 0 Å². The number of phenolic OH excluding ortho intramolecular Hbond substituents is 1. The molecule has 0 saturated heterocycles. The molecule has 5 heteroatoms. The van der Waals surface area contributed by atoms with Crippen LogP contribution >= 0.6 is 11.6 Å². The van der Waals surface area contributed by atoms with Crippen LogP contribution in [0.4, 0.5) is 0 Å². The van der Waals surface area contributed by atoms with Crippen molar-refractivity contribution in [2.75, 3.05) is 7.11 Å². The topological polar surface area (TPSA) is 59.7 Å². The Morgan fingerprint density at radius 1 is 1.14 bits per heavy atom. The average molecular weight is 303 g/mol. The summed E-state index contributed by atoms with van der Waals surface area (Å²) in [5.41, 5.74) is 1.31. The Hall–Kier alpha value is -2.46. The fraction of sp³-hybridized carbons (Fsp3) is 0.0625. The summed E-state index contributed by atoms with van der Waals surface area (Å²) in [6.07, 6.45) is 0. The van der Waals surface area contributed by atoms with Gasteiger partial charge < -0.3 is 14.3 Å². The number of fused-ring (bicyclic) bond motifs is 1. The van der Waals surface area contributed by atoms with E-state index in [9.17, 15) is 9.90 Å². The first-order chi connectivity index (χ1) is 10.1. The second kappa shape index (κ2) is 5.14. The summed E-state index contributed by atoms with van der Waals surface area (Å²) < 4.78 is 10.2. The van der Waals surface area contributed by atoms with E-state index in [-0.39, 0.29) is 16.4 Å². The molecule has 3 rings (SSSR count). The fourth-order valence-corrected chi connectivity index (χ4v) is 2.34. The molecule has 0 fully saturated rings. The molecule has 3 aromatic rings. The van der Waals surface area contributed by atoms with Gasteiger partial charge in [-0.15, -0.1) is 0 Å². The van der Waals surface area contributed by atoms with Crippen LogP contribution in [0.5, 0.6) is 11.5 Å². The Kier molecular flexibility index (Phi) is 3.31. The number of phenols is 1. The summed E-state index contributed by atoms with van der Waals surface area (Å²) in [4.78, 5) is 11.7. The highest BCUT2D eigenvalue weighted by Crippen LogP contribution is 2.34. The van der Waals surface area contributed by atoms with Gasteiger partial charge in [-0.25, -0.2) is 4.79 Å². The third-order valence-corrected chi connectivity index (χ3v) is 3.52. The highest BCUT2D eigenvalue weighted by Gasteiger charge is 2.11. The van der Waals surface area contributed by atoms with Crippen molar-refractivity contribution in [2.45, 2.75) is 0 Å². The number of hydrogen-bond donors (Lipinski definition) is 1. The monoisotopic (exact) mass is 302 g/mol. The predicted octanol–water partition coefficient (Wildman–Crippen LogP) is 3.83. The molecule has 2 aromatic carbocycles. The van der Waals surface area contributed by atoms with Crippen LogP contribution in [0.15, 0.2) is 51.7 Å². The summed E-state index contributed by atoms with van der Waals surface area (Å²) >= 11 is 5.94. The van der Waals surface area contributed by atoms with E-state index in [1.165, 1.54) is 12.1 Å². The zero-order chi connectivity index (χ0) is 15.0. The van der Waals surface area contributed by atoms with E-state index in [4.69, 9.17) is 20.8 Å². The van der Waals surface area contributed by atoms with Gasteiger partial charge in [-0.3, -0.25) is 0 Å². The van der Waals surface area contributed by atoms with E-state index in [0.717, 1.165) is 11.3 Å². The number of aromatic hydroxyl groups is 1. The van der Waals surface area contributed by atoms with E-state index >= 15 is 0 Å². The summed E-state index contributed by atoms with van der Waals surface area (Å²) in [7, 11) is 1.59. The van der Waals surface area contributed by atoms with Crippen molar-refractivity contribution in [2.24, 2.45) is 0 Å². The SMILES string of the molecule is COc1ccc(-c2cc(=O)oc3cc(O)c(Cl)cc23)cc1. The minimum Gasteiger partial charge on any atom is -0.506 e. The maximum Gasteiger partial charge on any atom is 0.336 e. The van der Waals surface area contributed by atoms with Crippen molar-refractivity contribution in [1.82, 2.24) is 0 Å². The van der Waals surface area contributed by atoms with Crippen LogP contribution in [0.25, 0.3) is 22.1 Å². The number of ether oxygens (including phenoxy) is 1. The molecule has 106 valence electrons. The van der Waals surface area contributed by atoms with E-state index in [1.54, 1.807) is 25.3 Å². The molecule has 0 bridgehead atoms. The maximum absolute atomic E-state index is 11.7. The highest BCUT2D eigenvalue weighted by molar-refractivity contribution is 6.33. The van der Waals surface area contributed by atoms with Gasteiger partial charge >= 0.3 is 5.63 Å². The lowest BCUT2D eigenvalue weighted by molar-refractivity contribution is 0.415. The molecule has 0 aliphatic heterocycles. The predicted molar refractivity (Wildman–Crippen MR) is 81.1 cm³/mol.